The van der Waals surface area contributed by atoms with Gasteiger partial charge in [-0.3, -0.25) is 0 Å². The van der Waals surface area contributed by atoms with E-state index in [-0.39, 0.29) is 6.10 Å². The molecular formula is C12H18O3. The van der Waals surface area contributed by atoms with Gasteiger partial charge in [0.25, 0.3) is 0 Å². The number of rotatable bonds is 5. The van der Waals surface area contributed by atoms with Crippen LogP contribution in [0.15, 0.2) is 24.3 Å². The summed E-state index contributed by atoms with van der Waals surface area (Å²) in [5.41, 5.74) is 0.844. The van der Waals surface area contributed by atoms with Gasteiger partial charge in [0, 0.05) is 6.61 Å². The fraction of sp³-hybridized carbons (Fsp3) is 0.500. The van der Waals surface area contributed by atoms with Crippen molar-refractivity contribution < 1.29 is 14.6 Å². The minimum atomic E-state index is -0.587. The molecule has 1 aromatic carbocycles. The number of hydrogen-bond donors (Lipinski definition) is 1. The standard InChI is InChI=1S/C12H18O3/c1-4-15-9(2)12(13)10-5-7-11(14-3)8-6-10/h5-9,12-13H,4H2,1-3H3/t9-,12-/m0/s1. The third kappa shape index (κ3) is 3.22. The summed E-state index contributed by atoms with van der Waals surface area (Å²) in [7, 11) is 1.62. The summed E-state index contributed by atoms with van der Waals surface area (Å²) in [6.07, 6.45) is -0.778. The van der Waals surface area contributed by atoms with Crippen LogP contribution >= 0.6 is 0 Å². The second-order valence-electron chi connectivity index (χ2n) is 3.38. The van der Waals surface area contributed by atoms with Gasteiger partial charge < -0.3 is 14.6 Å². The molecule has 1 N–H and O–H groups in total. The van der Waals surface area contributed by atoms with Crippen LogP contribution in [0.4, 0.5) is 0 Å². The first kappa shape index (κ1) is 12.0. The van der Waals surface area contributed by atoms with E-state index < -0.39 is 6.10 Å². The van der Waals surface area contributed by atoms with Crippen LogP contribution in [-0.4, -0.2) is 24.9 Å². The molecule has 3 nitrogen and oxygen atoms in total. The van der Waals surface area contributed by atoms with Gasteiger partial charge in [-0.05, 0) is 31.5 Å². The van der Waals surface area contributed by atoms with Crippen molar-refractivity contribution in [3.8, 4) is 5.75 Å². The van der Waals surface area contributed by atoms with Gasteiger partial charge in [0.05, 0.1) is 13.2 Å². The molecule has 0 amide bonds. The number of methoxy groups -OCH3 is 1. The Balaban J connectivity index is 2.69. The fourth-order valence-electron chi connectivity index (χ4n) is 1.43. The Morgan fingerprint density at radius 1 is 1.27 bits per heavy atom. The summed E-state index contributed by atoms with van der Waals surface area (Å²) >= 11 is 0. The first-order valence-electron chi connectivity index (χ1n) is 5.12. The Kier molecular flexibility index (Phi) is 4.59. The molecule has 0 fully saturated rings. The largest absolute Gasteiger partial charge is 0.497 e. The molecule has 0 bridgehead atoms. The zero-order chi connectivity index (χ0) is 11.3. The van der Waals surface area contributed by atoms with Crippen molar-refractivity contribution in [2.24, 2.45) is 0 Å². The molecule has 84 valence electrons. The van der Waals surface area contributed by atoms with Gasteiger partial charge in [0.1, 0.15) is 11.9 Å². The summed E-state index contributed by atoms with van der Waals surface area (Å²) < 4.78 is 10.4. The quantitative estimate of drug-likeness (QED) is 0.809. The van der Waals surface area contributed by atoms with Gasteiger partial charge in [-0.25, -0.2) is 0 Å². The van der Waals surface area contributed by atoms with E-state index in [0.29, 0.717) is 6.61 Å². The Hall–Kier alpha value is -1.06. The number of hydrogen-bond acceptors (Lipinski definition) is 3. The van der Waals surface area contributed by atoms with Crippen molar-refractivity contribution >= 4 is 0 Å². The highest BCUT2D eigenvalue weighted by molar-refractivity contribution is 5.28. The van der Waals surface area contributed by atoms with E-state index in [1.807, 2.05) is 38.1 Å². The van der Waals surface area contributed by atoms with Gasteiger partial charge in [-0.1, -0.05) is 12.1 Å². The number of aliphatic hydroxyl groups is 1. The number of benzene rings is 1. The van der Waals surface area contributed by atoms with E-state index >= 15 is 0 Å². The lowest BCUT2D eigenvalue weighted by atomic mass is 10.1. The predicted octanol–water partition coefficient (Wildman–Crippen LogP) is 2.15. The van der Waals surface area contributed by atoms with E-state index in [2.05, 4.69) is 0 Å². The van der Waals surface area contributed by atoms with E-state index in [1.165, 1.54) is 0 Å². The second-order valence-corrected chi connectivity index (χ2v) is 3.38. The molecule has 0 aliphatic rings. The topological polar surface area (TPSA) is 38.7 Å². The summed E-state index contributed by atoms with van der Waals surface area (Å²) in [6.45, 7) is 4.38. The molecule has 0 aliphatic heterocycles. The Labute approximate surface area is 90.6 Å². The lowest BCUT2D eigenvalue weighted by molar-refractivity contribution is -0.0227. The predicted molar refractivity (Wildman–Crippen MR) is 59.0 cm³/mol. The highest BCUT2D eigenvalue weighted by atomic mass is 16.5. The van der Waals surface area contributed by atoms with Crippen LogP contribution in [0.5, 0.6) is 5.75 Å². The van der Waals surface area contributed by atoms with Crippen molar-refractivity contribution in [2.75, 3.05) is 13.7 Å². The SMILES string of the molecule is CCO[C@@H](C)[C@H](O)c1ccc(OC)cc1. The van der Waals surface area contributed by atoms with Crippen LogP contribution in [0.2, 0.25) is 0 Å². The number of ether oxygens (including phenoxy) is 2. The molecule has 0 saturated heterocycles. The van der Waals surface area contributed by atoms with Crippen LogP contribution in [0.3, 0.4) is 0 Å². The number of aliphatic hydroxyl groups excluding tert-OH is 1. The summed E-state index contributed by atoms with van der Waals surface area (Å²) in [5, 5.41) is 9.92. The maximum atomic E-state index is 9.92. The zero-order valence-electron chi connectivity index (χ0n) is 9.43. The van der Waals surface area contributed by atoms with E-state index in [4.69, 9.17) is 9.47 Å². The van der Waals surface area contributed by atoms with Gasteiger partial charge in [-0.15, -0.1) is 0 Å². The molecule has 0 aliphatic carbocycles. The molecular weight excluding hydrogens is 192 g/mol. The molecule has 3 heteroatoms. The smallest absolute Gasteiger partial charge is 0.118 e. The molecule has 2 atom stereocenters. The fourth-order valence-corrected chi connectivity index (χ4v) is 1.43. The third-order valence-electron chi connectivity index (χ3n) is 2.33. The molecule has 0 aromatic heterocycles. The maximum Gasteiger partial charge on any atom is 0.118 e. The highest BCUT2D eigenvalue weighted by Crippen LogP contribution is 2.21. The van der Waals surface area contributed by atoms with Crippen LogP contribution < -0.4 is 4.74 Å². The van der Waals surface area contributed by atoms with E-state index in [1.54, 1.807) is 7.11 Å². The van der Waals surface area contributed by atoms with Crippen molar-refractivity contribution in [3.63, 3.8) is 0 Å². The van der Waals surface area contributed by atoms with Crippen molar-refractivity contribution in [1.82, 2.24) is 0 Å². The molecule has 1 rings (SSSR count). The van der Waals surface area contributed by atoms with E-state index in [0.717, 1.165) is 11.3 Å². The summed E-state index contributed by atoms with van der Waals surface area (Å²) in [4.78, 5) is 0. The molecule has 0 saturated carbocycles. The average molecular weight is 210 g/mol. The average Bonchev–Trinajstić information content (AvgIpc) is 2.28. The summed E-state index contributed by atoms with van der Waals surface area (Å²) in [5.74, 6) is 0.787. The Morgan fingerprint density at radius 2 is 1.87 bits per heavy atom. The Bertz CT molecular complexity index is 281. The summed E-state index contributed by atoms with van der Waals surface area (Å²) in [6, 6.07) is 7.35. The van der Waals surface area contributed by atoms with E-state index in [9.17, 15) is 5.11 Å². The van der Waals surface area contributed by atoms with Crippen molar-refractivity contribution in [2.45, 2.75) is 26.1 Å². The monoisotopic (exact) mass is 210 g/mol. The first-order chi connectivity index (χ1) is 7.19. The molecule has 0 radical (unpaired) electrons. The molecule has 0 unspecified atom stereocenters. The van der Waals surface area contributed by atoms with Crippen LogP contribution in [-0.2, 0) is 4.74 Å². The van der Waals surface area contributed by atoms with Crippen LogP contribution in [0.1, 0.15) is 25.5 Å². The van der Waals surface area contributed by atoms with Crippen molar-refractivity contribution in [3.05, 3.63) is 29.8 Å². The molecule has 0 heterocycles. The van der Waals surface area contributed by atoms with Crippen LogP contribution in [0, 0.1) is 0 Å². The Morgan fingerprint density at radius 3 is 2.33 bits per heavy atom. The molecule has 0 spiro atoms. The van der Waals surface area contributed by atoms with Gasteiger partial charge in [0.2, 0.25) is 0 Å². The minimum Gasteiger partial charge on any atom is -0.497 e. The maximum absolute atomic E-state index is 9.92. The second kappa shape index (κ2) is 5.73. The van der Waals surface area contributed by atoms with Gasteiger partial charge in [0.15, 0.2) is 0 Å². The highest BCUT2D eigenvalue weighted by Gasteiger charge is 2.15. The lowest BCUT2D eigenvalue weighted by Gasteiger charge is -2.19. The minimum absolute atomic E-state index is 0.191. The van der Waals surface area contributed by atoms with Gasteiger partial charge >= 0.3 is 0 Å². The lowest BCUT2D eigenvalue weighted by Crippen LogP contribution is -2.18. The first-order valence-corrected chi connectivity index (χ1v) is 5.12. The normalized spacial score (nSPS) is 14.7. The molecule has 15 heavy (non-hydrogen) atoms. The zero-order valence-corrected chi connectivity index (χ0v) is 9.43. The van der Waals surface area contributed by atoms with Crippen LogP contribution in [0.25, 0.3) is 0 Å². The van der Waals surface area contributed by atoms with Crippen molar-refractivity contribution in [1.29, 1.82) is 0 Å². The van der Waals surface area contributed by atoms with Gasteiger partial charge in [-0.2, -0.15) is 0 Å². The molecule has 1 aromatic rings. The third-order valence-corrected chi connectivity index (χ3v) is 2.33.